The molecule has 0 radical (unpaired) electrons. The largest absolute Gasteiger partial charge is 0.246 e. The minimum Gasteiger partial charge on any atom is -0.246 e. The van der Waals surface area contributed by atoms with Crippen LogP contribution in [-0.4, -0.2) is 20.5 Å². The van der Waals surface area contributed by atoms with Gasteiger partial charge in [-0.05, 0) is 12.8 Å². The molecule has 3 nitrogen and oxygen atoms in total. The van der Waals surface area contributed by atoms with Crippen molar-refractivity contribution in [3.8, 4) is 0 Å². The van der Waals surface area contributed by atoms with E-state index in [2.05, 4.69) is 22.7 Å². The fourth-order valence-electron chi connectivity index (χ4n) is 1.95. The second-order valence-corrected chi connectivity index (χ2v) is 3.75. The number of hydrogen-bond acceptors (Lipinski definition) is 3. The normalized spacial score (nSPS) is 21.4. The van der Waals surface area contributed by atoms with Crippen molar-refractivity contribution in [3.63, 3.8) is 0 Å². The average Bonchev–Trinajstić information content (AvgIpc) is 2.76. The van der Waals surface area contributed by atoms with Gasteiger partial charge in [-0.3, -0.25) is 0 Å². The van der Waals surface area contributed by atoms with Crippen molar-refractivity contribution in [2.75, 3.05) is 5.75 Å². The predicted octanol–water partition coefficient (Wildman–Crippen LogP) is 1.48. The summed E-state index contributed by atoms with van der Waals surface area (Å²) in [4.78, 5) is 3.98. The summed E-state index contributed by atoms with van der Waals surface area (Å²) in [6, 6.07) is 0. The molecular weight excluding hydrogens is 170 g/mol. The van der Waals surface area contributed by atoms with Gasteiger partial charge in [0.25, 0.3) is 0 Å². The first kappa shape index (κ1) is 8.10. The van der Waals surface area contributed by atoms with Crippen LogP contribution in [0.4, 0.5) is 0 Å². The Morgan fingerprint density at radius 2 is 2.17 bits per heavy atom. The molecule has 4 heteroatoms. The third-order valence-electron chi connectivity index (χ3n) is 2.73. The Balaban J connectivity index is 2.28. The zero-order valence-corrected chi connectivity index (χ0v) is 7.87. The quantitative estimate of drug-likeness (QED) is 0.704. The van der Waals surface area contributed by atoms with Crippen LogP contribution in [0.2, 0.25) is 0 Å². The molecule has 2 rings (SSSR count). The summed E-state index contributed by atoms with van der Waals surface area (Å²) in [6.07, 6.45) is 8.38. The van der Waals surface area contributed by atoms with Crippen LogP contribution < -0.4 is 0 Å². The zero-order chi connectivity index (χ0) is 8.44. The number of rotatable bonds is 2. The van der Waals surface area contributed by atoms with Gasteiger partial charge in [-0.1, -0.05) is 12.8 Å². The topological polar surface area (TPSA) is 30.7 Å². The molecule has 66 valence electrons. The van der Waals surface area contributed by atoms with Crippen LogP contribution in [0.15, 0.2) is 12.7 Å². The summed E-state index contributed by atoms with van der Waals surface area (Å²) >= 11 is 4.40. The van der Waals surface area contributed by atoms with Gasteiger partial charge < -0.3 is 0 Å². The number of thiol groups is 1. The molecule has 12 heavy (non-hydrogen) atoms. The fourth-order valence-corrected chi connectivity index (χ4v) is 2.41. The molecule has 1 fully saturated rings. The molecule has 1 aliphatic rings. The van der Waals surface area contributed by atoms with E-state index >= 15 is 0 Å². The smallest absolute Gasteiger partial charge is 0.137 e. The molecule has 0 saturated heterocycles. The molecule has 0 bridgehead atoms. The minimum absolute atomic E-state index is 0.166. The number of aromatic nitrogens is 3. The van der Waals surface area contributed by atoms with E-state index in [-0.39, 0.29) is 5.54 Å². The Morgan fingerprint density at radius 1 is 1.42 bits per heavy atom. The van der Waals surface area contributed by atoms with Crippen molar-refractivity contribution < 1.29 is 0 Å². The van der Waals surface area contributed by atoms with E-state index in [4.69, 9.17) is 0 Å². The van der Waals surface area contributed by atoms with E-state index in [0.717, 1.165) is 5.75 Å². The summed E-state index contributed by atoms with van der Waals surface area (Å²) in [5, 5.41) is 4.20. The highest BCUT2D eigenvalue weighted by Crippen LogP contribution is 2.36. The number of hydrogen-bond donors (Lipinski definition) is 1. The maximum absolute atomic E-state index is 4.40. The summed E-state index contributed by atoms with van der Waals surface area (Å²) < 4.78 is 1.98. The van der Waals surface area contributed by atoms with E-state index < -0.39 is 0 Å². The van der Waals surface area contributed by atoms with Gasteiger partial charge in [0.2, 0.25) is 0 Å². The standard InChI is InChI=1S/C8H13N3S/c12-5-8(3-1-2-4-8)11-7-9-6-10-11/h6-7,12H,1-5H2. The maximum atomic E-state index is 4.40. The molecule has 0 amide bonds. The van der Waals surface area contributed by atoms with Crippen LogP contribution in [0.5, 0.6) is 0 Å². The maximum Gasteiger partial charge on any atom is 0.137 e. The number of nitrogens with zero attached hydrogens (tertiary/aromatic N) is 3. The first-order chi connectivity index (χ1) is 5.87. The van der Waals surface area contributed by atoms with Crippen molar-refractivity contribution in [2.24, 2.45) is 0 Å². The van der Waals surface area contributed by atoms with Crippen LogP contribution >= 0.6 is 12.6 Å². The molecular formula is C8H13N3S. The highest BCUT2D eigenvalue weighted by Gasteiger charge is 2.34. The lowest BCUT2D eigenvalue weighted by Gasteiger charge is -2.26. The Hall–Kier alpha value is -0.510. The summed E-state index contributed by atoms with van der Waals surface area (Å²) in [6.45, 7) is 0. The van der Waals surface area contributed by atoms with Gasteiger partial charge in [-0.2, -0.15) is 17.7 Å². The first-order valence-electron chi connectivity index (χ1n) is 4.33. The van der Waals surface area contributed by atoms with Crippen LogP contribution in [0.3, 0.4) is 0 Å². The van der Waals surface area contributed by atoms with Gasteiger partial charge in [0.15, 0.2) is 0 Å². The molecule has 1 aromatic rings. The molecule has 1 heterocycles. The molecule has 0 atom stereocenters. The Labute approximate surface area is 77.6 Å². The van der Waals surface area contributed by atoms with Gasteiger partial charge in [-0.25, -0.2) is 9.67 Å². The molecule has 0 spiro atoms. The first-order valence-corrected chi connectivity index (χ1v) is 4.97. The van der Waals surface area contributed by atoms with Crippen molar-refractivity contribution >= 4 is 12.6 Å². The molecule has 0 aliphatic heterocycles. The van der Waals surface area contributed by atoms with Crippen molar-refractivity contribution in [2.45, 2.75) is 31.2 Å². The van der Waals surface area contributed by atoms with Crippen molar-refractivity contribution in [3.05, 3.63) is 12.7 Å². The molecule has 0 unspecified atom stereocenters. The van der Waals surface area contributed by atoms with E-state index in [1.807, 2.05) is 11.0 Å². The zero-order valence-electron chi connectivity index (χ0n) is 6.98. The van der Waals surface area contributed by atoms with Crippen molar-refractivity contribution in [1.29, 1.82) is 0 Å². The van der Waals surface area contributed by atoms with Crippen LogP contribution in [0, 0.1) is 0 Å². The van der Waals surface area contributed by atoms with Gasteiger partial charge in [0.05, 0.1) is 5.54 Å². The van der Waals surface area contributed by atoms with E-state index in [1.165, 1.54) is 25.7 Å². The van der Waals surface area contributed by atoms with Gasteiger partial charge in [0, 0.05) is 5.75 Å². The predicted molar refractivity (Wildman–Crippen MR) is 50.3 cm³/mol. The van der Waals surface area contributed by atoms with Gasteiger partial charge >= 0.3 is 0 Å². The lowest BCUT2D eigenvalue weighted by atomic mass is 10.0. The SMILES string of the molecule is SCC1(n2cncn2)CCCC1. The van der Waals surface area contributed by atoms with E-state index in [1.54, 1.807) is 6.33 Å². The highest BCUT2D eigenvalue weighted by molar-refractivity contribution is 7.80. The average molecular weight is 183 g/mol. The molecule has 1 saturated carbocycles. The molecule has 0 aromatic carbocycles. The van der Waals surface area contributed by atoms with Crippen LogP contribution in [0.1, 0.15) is 25.7 Å². The minimum atomic E-state index is 0.166. The summed E-state index contributed by atoms with van der Waals surface area (Å²) in [5.41, 5.74) is 0.166. The Bertz CT molecular complexity index is 239. The summed E-state index contributed by atoms with van der Waals surface area (Å²) in [7, 11) is 0. The third kappa shape index (κ3) is 1.14. The lowest BCUT2D eigenvalue weighted by molar-refractivity contribution is 0.303. The van der Waals surface area contributed by atoms with E-state index in [9.17, 15) is 0 Å². The summed E-state index contributed by atoms with van der Waals surface area (Å²) in [5.74, 6) is 0.871. The second kappa shape index (κ2) is 3.09. The fraction of sp³-hybridized carbons (Fsp3) is 0.750. The highest BCUT2D eigenvalue weighted by atomic mass is 32.1. The van der Waals surface area contributed by atoms with Crippen LogP contribution in [0.25, 0.3) is 0 Å². The van der Waals surface area contributed by atoms with Crippen molar-refractivity contribution in [1.82, 2.24) is 14.8 Å². The van der Waals surface area contributed by atoms with E-state index in [0.29, 0.717) is 0 Å². The lowest BCUT2D eigenvalue weighted by Crippen LogP contribution is -2.32. The molecule has 1 aromatic heterocycles. The molecule has 1 aliphatic carbocycles. The second-order valence-electron chi connectivity index (χ2n) is 3.43. The Morgan fingerprint density at radius 3 is 2.67 bits per heavy atom. The molecule has 0 N–H and O–H groups in total. The third-order valence-corrected chi connectivity index (χ3v) is 3.32. The Kier molecular flexibility index (Phi) is 2.09. The monoisotopic (exact) mass is 183 g/mol. The van der Waals surface area contributed by atoms with Crippen LogP contribution in [-0.2, 0) is 5.54 Å². The van der Waals surface area contributed by atoms with Gasteiger partial charge in [-0.15, -0.1) is 0 Å². The van der Waals surface area contributed by atoms with Gasteiger partial charge in [0.1, 0.15) is 12.7 Å².